The summed E-state index contributed by atoms with van der Waals surface area (Å²) in [7, 11) is 0. The highest BCUT2D eigenvalue weighted by Crippen LogP contribution is 2.27. The van der Waals surface area contributed by atoms with Crippen molar-refractivity contribution in [3.63, 3.8) is 0 Å². The molecule has 0 aliphatic carbocycles. The summed E-state index contributed by atoms with van der Waals surface area (Å²) in [5.74, 6) is 0. The van der Waals surface area contributed by atoms with Crippen LogP contribution >= 0.6 is 0 Å². The number of rotatable bonds is 1. The van der Waals surface area contributed by atoms with Gasteiger partial charge in [0.1, 0.15) is 5.69 Å². The van der Waals surface area contributed by atoms with Gasteiger partial charge >= 0.3 is 0 Å². The van der Waals surface area contributed by atoms with Gasteiger partial charge in [-0.05, 0) is 12.1 Å². The summed E-state index contributed by atoms with van der Waals surface area (Å²) in [6.45, 7) is 6.39. The second kappa shape index (κ2) is 4.00. The van der Waals surface area contributed by atoms with Crippen LogP contribution in [0.25, 0.3) is 11.4 Å². The maximum Gasteiger partial charge on any atom is 0.111 e. The molecule has 0 radical (unpaired) electrons. The minimum Gasteiger partial charge on any atom is -0.257 e. The summed E-state index contributed by atoms with van der Waals surface area (Å²) in [6.07, 6.45) is 5.21. The van der Waals surface area contributed by atoms with Gasteiger partial charge in [-0.25, -0.2) is 0 Å². The van der Waals surface area contributed by atoms with Gasteiger partial charge in [-0.2, -0.15) is 0 Å². The van der Waals surface area contributed by atoms with Crippen LogP contribution in [0.1, 0.15) is 26.5 Å². The number of hydrogen-bond acceptors (Lipinski definition) is 3. The van der Waals surface area contributed by atoms with E-state index in [9.17, 15) is 0 Å². The van der Waals surface area contributed by atoms with Crippen LogP contribution < -0.4 is 0 Å². The standard InChI is InChI=1S/C13H15N3/c1-13(2,3)12-11(15-8-9-16-12)10-6-4-5-7-14-10/h4-9H,1-3H3. The third kappa shape index (κ3) is 2.08. The predicted octanol–water partition coefficient (Wildman–Crippen LogP) is 2.84. The van der Waals surface area contributed by atoms with Crippen molar-refractivity contribution < 1.29 is 0 Å². The molecule has 3 nitrogen and oxygen atoms in total. The van der Waals surface area contributed by atoms with Crippen LogP contribution in [0.4, 0.5) is 0 Å². The van der Waals surface area contributed by atoms with Gasteiger partial charge in [0.15, 0.2) is 0 Å². The Bertz CT molecular complexity index is 472. The number of pyridine rings is 1. The Morgan fingerprint density at radius 2 is 1.62 bits per heavy atom. The molecule has 0 aliphatic heterocycles. The van der Waals surface area contributed by atoms with Gasteiger partial charge in [-0.1, -0.05) is 26.8 Å². The molecule has 2 aromatic rings. The molecule has 82 valence electrons. The lowest BCUT2D eigenvalue weighted by molar-refractivity contribution is 0.567. The molecule has 0 saturated heterocycles. The average Bonchev–Trinajstić information content (AvgIpc) is 2.29. The van der Waals surface area contributed by atoms with E-state index in [0.717, 1.165) is 17.1 Å². The van der Waals surface area contributed by atoms with Crippen molar-refractivity contribution in [1.29, 1.82) is 0 Å². The molecule has 0 aromatic carbocycles. The van der Waals surface area contributed by atoms with Gasteiger partial charge in [0, 0.05) is 24.0 Å². The number of aromatic nitrogens is 3. The van der Waals surface area contributed by atoms with E-state index < -0.39 is 0 Å². The molecular weight excluding hydrogens is 198 g/mol. The van der Waals surface area contributed by atoms with Gasteiger partial charge < -0.3 is 0 Å². The highest BCUT2D eigenvalue weighted by Gasteiger charge is 2.21. The van der Waals surface area contributed by atoms with Crippen LogP contribution in [0, 0.1) is 0 Å². The van der Waals surface area contributed by atoms with Gasteiger partial charge in [-0.15, -0.1) is 0 Å². The van der Waals surface area contributed by atoms with E-state index in [0.29, 0.717) is 0 Å². The molecule has 3 heteroatoms. The van der Waals surface area contributed by atoms with Crippen molar-refractivity contribution in [2.24, 2.45) is 0 Å². The summed E-state index contributed by atoms with van der Waals surface area (Å²) < 4.78 is 0. The molecule has 16 heavy (non-hydrogen) atoms. The fourth-order valence-electron chi connectivity index (χ4n) is 1.58. The van der Waals surface area contributed by atoms with E-state index in [1.165, 1.54) is 0 Å². The van der Waals surface area contributed by atoms with Gasteiger partial charge in [0.25, 0.3) is 0 Å². The summed E-state index contributed by atoms with van der Waals surface area (Å²) in [6, 6.07) is 5.82. The van der Waals surface area contributed by atoms with Crippen molar-refractivity contribution in [3.8, 4) is 11.4 Å². The molecule has 2 heterocycles. The second-order valence-electron chi connectivity index (χ2n) is 4.72. The van der Waals surface area contributed by atoms with E-state index in [2.05, 4.69) is 35.7 Å². The molecular formula is C13H15N3. The maximum atomic E-state index is 4.42. The highest BCUT2D eigenvalue weighted by atomic mass is 14.8. The molecule has 0 saturated carbocycles. The monoisotopic (exact) mass is 213 g/mol. The molecule has 0 fully saturated rings. The normalized spacial score (nSPS) is 11.4. The lowest BCUT2D eigenvalue weighted by Crippen LogP contribution is -2.16. The zero-order chi connectivity index (χ0) is 11.6. The summed E-state index contributed by atoms with van der Waals surface area (Å²) in [5, 5.41) is 0. The van der Waals surface area contributed by atoms with Gasteiger partial charge in [0.05, 0.1) is 11.4 Å². The van der Waals surface area contributed by atoms with E-state index in [1.807, 2.05) is 18.2 Å². The Kier molecular flexibility index (Phi) is 2.69. The summed E-state index contributed by atoms with van der Waals surface area (Å²) >= 11 is 0. The Hall–Kier alpha value is -1.77. The van der Waals surface area contributed by atoms with E-state index in [4.69, 9.17) is 0 Å². The smallest absolute Gasteiger partial charge is 0.111 e. The number of hydrogen-bond donors (Lipinski definition) is 0. The van der Waals surface area contributed by atoms with Gasteiger partial charge in [0.2, 0.25) is 0 Å². The van der Waals surface area contributed by atoms with Crippen LogP contribution in [0.5, 0.6) is 0 Å². The molecule has 0 N–H and O–H groups in total. The Balaban J connectivity index is 2.58. The van der Waals surface area contributed by atoms with Crippen molar-refractivity contribution in [2.75, 3.05) is 0 Å². The van der Waals surface area contributed by atoms with Crippen molar-refractivity contribution in [1.82, 2.24) is 15.0 Å². The third-order valence-corrected chi connectivity index (χ3v) is 2.32. The quantitative estimate of drug-likeness (QED) is 0.731. The molecule has 2 rings (SSSR count). The van der Waals surface area contributed by atoms with E-state index >= 15 is 0 Å². The second-order valence-corrected chi connectivity index (χ2v) is 4.72. The van der Waals surface area contributed by atoms with Gasteiger partial charge in [-0.3, -0.25) is 15.0 Å². The average molecular weight is 213 g/mol. The first-order valence-corrected chi connectivity index (χ1v) is 5.32. The minimum atomic E-state index is -0.0267. The Labute approximate surface area is 95.6 Å². The van der Waals surface area contributed by atoms with Crippen LogP contribution in [0.2, 0.25) is 0 Å². The SMILES string of the molecule is CC(C)(C)c1nccnc1-c1ccccn1. The molecule has 0 bridgehead atoms. The van der Waals surface area contributed by atoms with E-state index in [1.54, 1.807) is 18.6 Å². The predicted molar refractivity (Wildman–Crippen MR) is 64.0 cm³/mol. The first-order valence-electron chi connectivity index (χ1n) is 5.32. The summed E-state index contributed by atoms with van der Waals surface area (Å²) in [5.41, 5.74) is 2.70. The van der Waals surface area contributed by atoms with Crippen LogP contribution in [0.3, 0.4) is 0 Å². The molecule has 0 aliphatic rings. The number of nitrogens with zero attached hydrogens (tertiary/aromatic N) is 3. The van der Waals surface area contributed by atoms with Crippen LogP contribution in [-0.2, 0) is 5.41 Å². The highest BCUT2D eigenvalue weighted by molar-refractivity contribution is 5.57. The summed E-state index contributed by atoms with van der Waals surface area (Å²) in [4.78, 5) is 13.1. The molecule has 0 unspecified atom stereocenters. The molecule has 0 amide bonds. The zero-order valence-electron chi connectivity index (χ0n) is 9.81. The van der Waals surface area contributed by atoms with Crippen molar-refractivity contribution >= 4 is 0 Å². The fourth-order valence-corrected chi connectivity index (χ4v) is 1.58. The van der Waals surface area contributed by atoms with Crippen LogP contribution in [0.15, 0.2) is 36.8 Å². The van der Waals surface area contributed by atoms with Crippen molar-refractivity contribution in [2.45, 2.75) is 26.2 Å². The lowest BCUT2D eigenvalue weighted by Gasteiger charge is -2.19. The zero-order valence-corrected chi connectivity index (χ0v) is 9.81. The first kappa shape index (κ1) is 10.7. The van der Waals surface area contributed by atoms with Crippen LogP contribution in [-0.4, -0.2) is 15.0 Å². The minimum absolute atomic E-state index is 0.0267. The molecule has 2 aromatic heterocycles. The Morgan fingerprint density at radius 1 is 0.875 bits per heavy atom. The largest absolute Gasteiger partial charge is 0.257 e. The molecule has 0 spiro atoms. The lowest BCUT2D eigenvalue weighted by atomic mass is 9.89. The van der Waals surface area contributed by atoms with E-state index in [-0.39, 0.29) is 5.41 Å². The third-order valence-electron chi connectivity index (χ3n) is 2.32. The maximum absolute atomic E-state index is 4.42. The van der Waals surface area contributed by atoms with Crippen molar-refractivity contribution in [3.05, 3.63) is 42.5 Å². The Morgan fingerprint density at radius 3 is 2.25 bits per heavy atom. The first-order chi connectivity index (χ1) is 7.59. The molecule has 0 atom stereocenters. The fraction of sp³-hybridized carbons (Fsp3) is 0.308. The topological polar surface area (TPSA) is 38.7 Å².